The zero-order chi connectivity index (χ0) is 18.4. The van der Waals surface area contributed by atoms with Crippen LogP contribution in [0.5, 0.6) is 5.75 Å². The van der Waals surface area contributed by atoms with Crippen molar-refractivity contribution in [2.45, 2.75) is 38.8 Å². The van der Waals surface area contributed by atoms with Crippen LogP contribution in [0.2, 0.25) is 0 Å². The average Bonchev–Trinajstić information content (AvgIpc) is 3.09. The number of aryl methyl sites for hydroxylation is 1. The number of likely N-dealkylation sites (tertiary alicyclic amines) is 1. The number of amides is 1. The molecule has 1 amide bonds. The van der Waals surface area contributed by atoms with Crippen LogP contribution in [0, 0.1) is 6.92 Å². The minimum absolute atomic E-state index is 0.207. The van der Waals surface area contributed by atoms with Gasteiger partial charge in [-0.1, -0.05) is 42.0 Å². The molecule has 0 saturated carbocycles. The van der Waals surface area contributed by atoms with E-state index in [1.807, 2.05) is 42.3 Å². The number of benzene rings is 2. The van der Waals surface area contributed by atoms with Crippen molar-refractivity contribution in [2.24, 2.45) is 0 Å². The molecule has 0 radical (unpaired) electrons. The number of nitrogens with one attached hydrogen (secondary N) is 1. The van der Waals surface area contributed by atoms with Gasteiger partial charge in [0.05, 0.1) is 6.42 Å². The molecule has 3 rings (SSSR count). The van der Waals surface area contributed by atoms with Crippen molar-refractivity contribution >= 4 is 5.91 Å². The van der Waals surface area contributed by atoms with Crippen LogP contribution in [0.4, 0.5) is 0 Å². The third kappa shape index (κ3) is 4.85. The summed E-state index contributed by atoms with van der Waals surface area (Å²) < 4.78 is 5.92. The van der Waals surface area contributed by atoms with E-state index in [0.29, 0.717) is 19.1 Å². The predicted octanol–water partition coefficient (Wildman–Crippen LogP) is 3.33. The molecule has 1 aliphatic rings. The highest BCUT2D eigenvalue weighted by Crippen LogP contribution is 2.20. The topological polar surface area (TPSA) is 41.6 Å². The summed E-state index contributed by atoms with van der Waals surface area (Å²) in [6, 6.07) is 16.5. The van der Waals surface area contributed by atoms with Gasteiger partial charge >= 0.3 is 0 Å². The lowest BCUT2D eigenvalue weighted by Crippen LogP contribution is -2.41. The highest BCUT2D eigenvalue weighted by atomic mass is 16.5. The number of hydrogen-bond acceptors (Lipinski definition) is 3. The van der Waals surface area contributed by atoms with Gasteiger partial charge in [0.15, 0.2) is 0 Å². The fraction of sp³-hybridized carbons (Fsp3) is 0.409. The van der Waals surface area contributed by atoms with Gasteiger partial charge in [0.25, 0.3) is 0 Å². The third-order valence-corrected chi connectivity index (χ3v) is 4.88. The van der Waals surface area contributed by atoms with Gasteiger partial charge in [0, 0.05) is 19.1 Å². The number of carbonyl (C=O) groups is 1. The molecule has 1 unspecified atom stereocenters. The van der Waals surface area contributed by atoms with Crippen LogP contribution in [0.3, 0.4) is 0 Å². The Morgan fingerprint density at radius 2 is 2.00 bits per heavy atom. The fourth-order valence-corrected chi connectivity index (χ4v) is 3.60. The van der Waals surface area contributed by atoms with Crippen molar-refractivity contribution in [3.8, 4) is 5.75 Å². The van der Waals surface area contributed by atoms with Crippen LogP contribution in [-0.4, -0.2) is 37.0 Å². The van der Waals surface area contributed by atoms with Crippen molar-refractivity contribution in [2.75, 3.05) is 20.1 Å². The summed E-state index contributed by atoms with van der Waals surface area (Å²) in [5.41, 5.74) is 3.39. The predicted molar refractivity (Wildman–Crippen MR) is 104 cm³/mol. The molecule has 0 bridgehead atoms. The van der Waals surface area contributed by atoms with E-state index < -0.39 is 0 Å². The van der Waals surface area contributed by atoms with E-state index in [4.69, 9.17) is 4.74 Å². The Kier molecular flexibility index (Phi) is 6.29. The summed E-state index contributed by atoms with van der Waals surface area (Å²) in [4.78, 5) is 14.7. The molecule has 1 fully saturated rings. The zero-order valence-electron chi connectivity index (χ0n) is 15.7. The maximum atomic E-state index is 12.7. The summed E-state index contributed by atoms with van der Waals surface area (Å²) in [6.07, 6.45) is 2.62. The Morgan fingerprint density at radius 3 is 2.81 bits per heavy atom. The Bertz CT molecular complexity index is 744. The van der Waals surface area contributed by atoms with Crippen LogP contribution in [0.1, 0.15) is 29.5 Å². The molecule has 138 valence electrons. The van der Waals surface area contributed by atoms with E-state index in [9.17, 15) is 4.79 Å². The number of hydrogen-bond donors (Lipinski definition) is 1. The molecule has 1 atom stereocenters. The van der Waals surface area contributed by atoms with Crippen LogP contribution in [0.25, 0.3) is 0 Å². The first-order valence-corrected chi connectivity index (χ1v) is 9.37. The van der Waals surface area contributed by atoms with Gasteiger partial charge in [-0.05, 0) is 50.1 Å². The second-order valence-electron chi connectivity index (χ2n) is 7.04. The van der Waals surface area contributed by atoms with Gasteiger partial charge < -0.3 is 15.0 Å². The van der Waals surface area contributed by atoms with Crippen LogP contribution < -0.4 is 10.1 Å². The number of nitrogens with zero attached hydrogens (tertiary/aromatic N) is 1. The van der Waals surface area contributed by atoms with Crippen LogP contribution >= 0.6 is 0 Å². The van der Waals surface area contributed by atoms with E-state index in [0.717, 1.165) is 42.8 Å². The number of likely N-dealkylation sites (N-methyl/N-ethyl adjacent to an activating group) is 1. The normalized spacial score (nSPS) is 16.7. The average molecular weight is 352 g/mol. The van der Waals surface area contributed by atoms with E-state index in [-0.39, 0.29) is 5.91 Å². The molecule has 0 spiro atoms. The van der Waals surface area contributed by atoms with Gasteiger partial charge in [0.1, 0.15) is 12.4 Å². The fourth-order valence-electron chi connectivity index (χ4n) is 3.60. The Morgan fingerprint density at radius 1 is 1.19 bits per heavy atom. The van der Waals surface area contributed by atoms with Crippen molar-refractivity contribution in [1.82, 2.24) is 10.2 Å². The lowest BCUT2D eigenvalue weighted by Gasteiger charge is -2.24. The lowest BCUT2D eigenvalue weighted by molar-refractivity contribution is -0.131. The molecule has 1 aliphatic heterocycles. The summed E-state index contributed by atoms with van der Waals surface area (Å²) in [5, 5.41) is 3.19. The first-order valence-electron chi connectivity index (χ1n) is 9.37. The lowest BCUT2D eigenvalue weighted by atomic mass is 10.1. The van der Waals surface area contributed by atoms with Gasteiger partial charge in [-0.15, -0.1) is 0 Å². The summed E-state index contributed by atoms with van der Waals surface area (Å²) in [5.74, 6) is 1.02. The highest BCUT2D eigenvalue weighted by Gasteiger charge is 2.27. The smallest absolute Gasteiger partial charge is 0.227 e. The van der Waals surface area contributed by atoms with Crippen LogP contribution in [0.15, 0.2) is 48.5 Å². The minimum atomic E-state index is 0.207. The summed E-state index contributed by atoms with van der Waals surface area (Å²) >= 11 is 0. The monoisotopic (exact) mass is 352 g/mol. The second kappa shape index (κ2) is 8.86. The van der Waals surface area contributed by atoms with Crippen molar-refractivity contribution in [3.63, 3.8) is 0 Å². The van der Waals surface area contributed by atoms with Gasteiger partial charge in [-0.25, -0.2) is 0 Å². The molecule has 0 aliphatic carbocycles. The molecule has 2 aromatic rings. The van der Waals surface area contributed by atoms with Gasteiger partial charge in [-0.3, -0.25) is 4.79 Å². The second-order valence-corrected chi connectivity index (χ2v) is 7.04. The Balaban J connectivity index is 1.59. The molecule has 1 saturated heterocycles. The molecule has 4 nitrogen and oxygen atoms in total. The summed E-state index contributed by atoms with van der Waals surface area (Å²) in [6.45, 7) is 4.35. The number of carbonyl (C=O) groups excluding carboxylic acids is 1. The SMILES string of the molecule is CNCC1CCCN1C(=O)Cc1cccc(OCc2cccc(C)c2)c1. The molecule has 2 aromatic carbocycles. The molecular formula is C22H28N2O2. The van der Waals surface area contributed by atoms with Crippen molar-refractivity contribution in [3.05, 3.63) is 65.2 Å². The van der Waals surface area contributed by atoms with E-state index in [2.05, 4.69) is 30.4 Å². The standard InChI is InChI=1S/C22H28N2O2/c1-17-6-3-8-19(12-17)16-26-21-10-4-7-18(13-21)14-22(25)24-11-5-9-20(24)15-23-2/h3-4,6-8,10,12-13,20,23H,5,9,11,14-16H2,1-2H3. The third-order valence-electron chi connectivity index (χ3n) is 4.88. The first-order chi connectivity index (χ1) is 12.7. The van der Waals surface area contributed by atoms with Gasteiger partial charge in [-0.2, -0.15) is 0 Å². The summed E-state index contributed by atoms with van der Waals surface area (Å²) in [7, 11) is 1.94. The van der Waals surface area contributed by atoms with E-state index in [1.165, 1.54) is 5.56 Å². The maximum Gasteiger partial charge on any atom is 0.227 e. The maximum absolute atomic E-state index is 12.7. The Hall–Kier alpha value is -2.33. The van der Waals surface area contributed by atoms with Gasteiger partial charge in [0.2, 0.25) is 5.91 Å². The van der Waals surface area contributed by atoms with Crippen molar-refractivity contribution in [1.29, 1.82) is 0 Å². The molecular weight excluding hydrogens is 324 g/mol. The molecule has 0 aromatic heterocycles. The molecule has 1 N–H and O–H groups in total. The molecule has 1 heterocycles. The first kappa shape index (κ1) is 18.5. The van der Waals surface area contributed by atoms with Crippen LogP contribution in [-0.2, 0) is 17.8 Å². The van der Waals surface area contributed by atoms with Crippen molar-refractivity contribution < 1.29 is 9.53 Å². The van der Waals surface area contributed by atoms with E-state index in [1.54, 1.807) is 0 Å². The highest BCUT2D eigenvalue weighted by molar-refractivity contribution is 5.79. The Labute approximate surface area is 156 Å². The quantitative estimate of drug-likeness (QED) is 0.831. The van der Waals surface area contributed by atoms with E-state index >= 15 is 0 Å². The minimum Gasteiger partial charge on any atom is -0.489 e. The molecule has 26 heavy (non-hydrogen) atoms. The zero-order valence-corrected chi connectivity index (χ0v) is 15.7. The number of rotatable bonds is 7. The number of ether oxygens (including phenoxy) is 1. The molecule has 4 heteroatoms. The largest absolute Gasteiger partial charge is 0.489 e.